The first-order chi connectivity index (χ1) is 7.18. The monoisotopic (exact) mass is 281 g/mol. The largest absolute Gasteiger partial charge is 0.330 e. The number of rotatable bonds is 1. The second kappa shape index (κ2) is 4.20. The summed E-state index contributed by atoms with van der Waals surface area (Å²) in [6.07, 6.45) is 5.23. The number of hydrogen-bond acceptors (Lipinski definition) is 3. The lowest BCUT2D eigenvalue weighted by molar-refractivity contribution is 1.12. The zero-order valence-electron chi connectivity index (χ0n) is 7.99. The number of aromatic nitrogens is 3. The van der Waals surface area contributed by atoms with Gasteiger partial charge in [-0.1, -0.05) is 12.2 Å². The van der Waals surface area contributed by atoms with Crippen LogP contribution in [0.2, 0.25) is 0 Å². The molecule has 2 aromatic heterocycles. The minimum absolute atomic E-state index is 0.642. The molecule has 0 aromatic carbocycles. The van der Waals surface area contributed by atoms with Crippen LogP contribution in [0.4, 0.5) is 0 Å². The molecule has 5 heteroatoms. The number of halogens is 1. The van der Waals surface area contributed by atoms with Crippen molar-refractivity contribution in [3.8, 4) is 11.4 Å². The highest BCUT2D eigenvalue weighted by Gasteiger charge is 2.03. The lowest BCUT2D eigenvalue weighted by Crippen LogP contribution is -1.92. The Balaban J connectivity index is 2.60. The van der Waals surface area contributed by atoms with Crippen LogP contribution in [-0.2, 0) is 0 Å². The predicted molar refractivity (Wildman–Crippen MR) is 65.1 cm³/mol. The summed E-state index contributed by atoms with van der Waals surface area (Å²) in [7, 11) is 0. The molecule has 0 bridgehead atoms. The van der Waals surface area contributed by atoms with Crippen molar-refractivity contribution in [1.29, 1.82) is 0 Å². The smallest absolute Gasteiger partial charge is 0.140 e. The maximum absolute atomic E-state index is 5.12. The minimum Gasteiger partial charge on any atom is -0.330 e. The van der Waals surface area contributed by atoms with Crippen molar-refractivity contribution in [2.45, 2.75) is 6.92 Å². The van der Waals surface area contributed by atoms with E-state index in [0.717, 1.165) is 21.4 Å². The third-order valence-corrected chi connectivity index (χ3v) is 3.24. The summed E-state index contributed by atoms with van der Waals surface area (Å²) in [5.41, 5.74) is 2.08. The molecule has 2 heterocycles. The molecule has 0 aliphatic carbocycles. The predicted octanol–water partition coefficient (Wildman–Crippen LogP) is 3.27. The van der Waals surface area contributed by atoms with Crippen molar-refractivity contribution >= 4 is 28.1 Å². The van der Waals surface area contributed by atoms with Gasteiger partial charge in [-0.15, -0.1) is 0 Å². The fraction of sp³-hybridized carbons (Fsp3) is 0.100. The van der Waals surface area contributed by atoms with Crippen LogP contribution in [0.25, 0.3) is 11.4 Å². The summed E-state index contributed by atoms with van der Waals surface area (Å²) >= 11 is 8.43. The maximum Gasteiger partial charge on any atom is 0.140 e. The SMILES string of the molecule is Cc1ccncc1-c1ncc(Br)c(=S)[nH]1. The van der Waals surface area contributed by atoms with Crippen LogP contribution in [0.5, 0.6) is 0 Å². The van der Waals surface area contributed by atoms with Crippen molar-refractivity contribution in [2.75, 3.05) is 0 Å². The van der Waals surface area contributed by atoms with E-state index in [4.69, 9.17) is 12.2 Å². The lowest BCUT2D eigenvalue weighted by Gasteiger charge is -2.03. The standard InChI is InChI=1S/C10H8BrN3S/c1-6-2-3-12-4-7(6)9-13-5-8(11)10(15)14-9/h2-5H,1H3,(H,13,14,15). The van der Waals surface area contributed by atoms with Gasteiger partial charge in [-0.3, -0.25) is 4.98 Å². The molecule has 2 aromatic rings. The van der Waals surface area contributed by atoms with E-state index in [1.165, 1.54) is 0 Å². The number of aromatic amines is 1. The molecule has 0 amide bonds. The topological polar surface area (TPSA) is 41.6 Å². The van der Waals surface area contributed by atoms with Gasteiger partial charge in [0.1, 0.15) is 10.5 Å². The molecule has 1 N–H and O–H groups in total. The first-order valence-electron chi connectivity index (χ1n) is 4.34. The highest BCUT2D eigenvalue weighted by molar-refractivity contribution is 9.10. The summed E-state index contributed by atoms with van der Waals surface area (Å²) in [5.74, 6) is 0.744. The van der Waals surface area contributed by atoms with E-state index in [0.29, 0.717) is 4.64 Å². The Morgan fingerprint density at radius 2 is 2.20 bits per heavy atom. The van der Waals surface area contributed by atoms with Crippen LogP contribution >= 0.6 is 28.1 Å². The van der Waals surface area contributed by atoms with Crippen LogP contribution in [0.3, 0.4) is 0 Å². The summed E-state index contributed by atoms with van der Waals surface area (Å²) in [6, 6.07) is 1.94. The fourth-order valence-corrected chi connectivity index (χ4v) is 1.58. The molecular weight excluding hydrogens is 274 g/mol. The van der Waals surface area contributed by atoms with Gasteiger partial charge in [0, 0.05) is 24.2 Å². The van der Waals surface area contributed by atoms with Gasteiger partial charge in [0.25, 0.3) is 0 Å². The van der Waals surface area contributed by atoms with Gasteiger partial charge in [-0.05, 0) is 34.5 Å². The number of hydrogen-bond donors (Lipinski definition) is 1. The van der Waals surface area contributed by atoms with E-state index in [2.05, 4.69) is 30.9 Å². The summed E-state index contributed by atoms with van der Waals surface area (Å²) in [5, 5.41) is 0. The highest BCUT2D eigenvalue weighted by atomic mass is 79.9. The molecule has 15 heavy (non-hydrogen) atoms. The molecule has 0 spiro atoms. The Hall–Kier alpha value is -1.07. The van der Waals surface area contributed by atoms with E-state index in [1.54, 1.807) is 18.6 Å². The first-order valence-corrected chi connectivity index (χ1v) is 5.54. The quantitative estimate of drug-likeness (QED) is 0.816. The van der Waals surface area contributed by atoms with Crippen LogP contribution in [-0.4, -0.2) is 15.0 Å². The third kappa shape index (κ3) is 2.13. The molecule has 0 aliphatic heterocycles. The zero-order chi connectivity index (χ0) is 10.8. The van der Waals surface area contributed by atoms with E-state index in [9.17, 15) is 0 Å². The highest BCUT2D eigenvalue weighted by Crippen LogP contribution is 2.19. The van der Waals surface area contributed by atoms with Gasteiger partial charge >= 0.3 is 0 Å². The number of nitrogens with one attached hydrogen (secondary N) is 1. The van der Waals surface area contributed by atoms with E-state index in [1.807, 2.05) is 13.0 Å². The van der Waals surface area contributed by atoms with Gasteiger partial charge in [0.15, 0.2) is 0 Å². The average molecular weight is 282 g/mol. The van der Waals surface area contributed by atoms with Gasteiger partial charge < -0.3 is 4.98 Å². The Bertz CT molecular complexity index is 550. The lowest BCUT2D eigenvalue weighted by atomic mass is 10.1. The molecule has 0 radical (unpaired) electrons. The van der Waals surface area contributed by atoms with Gasteiger partial charge in [0.05, 0.1) is 4.47 Å². The van der Waals surface area contributed by atoms with Crippen LogP contribution in [0, 0.1) is 11.6 Å². The summed E-state index contributed by atoms with van der Waals surface area (Å²) in [4.78, 5) is 11.4. The van der Waals surface area contributed by atoms with E-state index < -0.39 is 0 Å². The zero-order valence-corrected chi connectivity index (χ0v) is 10.4. The van der Waals surface area contributed by atoms with Crippen LogP contribution in [0.1, 0.15) is 5.56 Å². The molecular formula is C10H8BrN3S. The molecule has 0 fully saturated rings. The first kappa shape index (κ1) is 10.4. The summed E-state index contributed by atoms with van der Waals surface area (Å²) in [6.45, 7) is 2.01. The van der Waals surface area contributed by atoms with Crippen molar-refractivity contribution in [3.05, 3.63) is 39.3 Å². The molecule has 0 unspecified atom stereocenters. The van der Waals surface area contributed by atoms with Crippen molar-refractivity contribution in [3.63, 3.8) is 0 Å². The van der Waals surface area contributed by atoms with Crippen LogP contribution < -0.4 is 0 Å². The normalized spacial score (nSPS) is 10.3. The second-order valence-electron chi connectivity index (χ2n) is 3.10. The van der Waals surface area contributed by atoms with Gasteiger partial charge in [0.2, 0.25) is 0 Å². The molecule has 3 nitrogen and oxygen atoms in total. The molecule has 0 saturated heterocycles. The number of pyridine rings is 1. The molecule has 0 saturated carbocycles. The average Bonchev–Trinajstić information content (AvgIpc) is 2.23. The molecule has 0 aliphatic rings. The Labute approximate surface area is 101 Å². The number of H-pyrrole nitrogens is 1. The Morgan fingerprint density at radius 3 is 2.87 bits per heavy atom. The van der Waals surface area contributed by atoms with Crippen LogP contribution in [0.15, 0.2) is 29.1 Å². The molecule has 2 rings (SSSR count). The summed E-state index contributed by atoms with van der Waals surface area (Å²) < 4.78 is 1.44. The Kier molecular flexibility index (Phi) is 2.93. The Morgan fingerprint density at radius 1 is 1.40 bits per heavy atom. The van der Waals surface area contributed by atoms with Crippen molar-refractivity contribution in [2.24, 2.45) is 0 Å². The second-order valence-corrected chi connectivity index (χ2v) is 4.36. The number of aryl methyl sites for hydroxylation is 1. The van der Waals surface area contributed by atoms with Crippen molar-refractivity contribution < 1.29 is 0 Å². The fourth-order valence-electron chi connectivity index (χ4n) is 1.23. The van der Waals surface area contributed by atoms with Gasteiger partial charge in [-0.25, -0.2) is 4.98 Å². The van der Waals surface area contributed by atoms with Gasteiger partial charge in [-0.2, -0.15) is 0 Å². The molecule has 76 valence electrons. The maximum atomic E-state index is 5.12. The van der Waals surface area contributed by atoms with E-state index in [-0.39, 0.29) is 0 Å². The van der Waals surface area contributed by atoms with Crippen molar-refractivity contribution in [1.82, 2.24) is 15.0 Å². The minimum atomic E-state index is 0.642. The third-order valence-electron chi connectivity index (χ3n) is 2.05. The van der Waals surface area contributed by atoms with E-state index >= 15 is 0 Å². The molecule has 0 atom stereocenters. The number of nitrogens with zero attached hydrogens (tertiary/aromatic N) is 2.